The monoisotopic (exact) mass is 278 g/mol. The van der Waals surface area contributed by atoms with Gasteiger partial charge < -0.3 is 4.42 Å². The lowest BCUT2D eigenvalue weighted by molar-refractivity contribution is -0.0328. The second-order valence-corrected chi connectivity index (χ2v) is 4.71. The summed E-state index contributed by atoms with van der Waals surface area (Å²) in [4.78, 5) is 0.0771. The molecule has 0 aliphatic heterocycles. The van der Waals surface area contributed by atoms with E-state index in [1.807, 2.05) is 0 Å². The molecule has 1 aromatic carbocycles. The summed E-state index contributed by atoms with van der Waals surface area (Å²) < 4.78 is 41.8. The molecule has 2 rings (SSSR count). The maximum atomic E-state index is 12.2. The van der Waals surface area contributed by atoms with Crippen molar-refractivity contribution in [2.75, 3.05) is 0 Å². The average Bonchev–Trinajstić information content (AvgIpc) is 2.72. The number of rotatable bonds is 2. The van der Waals surface area contributed by atoms with Gasteiger partial charge in [0.25, 0.3) is 0 Å². The van der Waals surface area contributed by atoms with Crippen LogP contribution in [0.2, 0.25) is 5.02 Å². The van der Waals surface area contributed by atoms with Crippen molar-refractivity contribution in [2.24, 2.45) is 0 Å². The van der Waals surface area contributed by atoms with Gasteiger partial charge in [-0.3, -0.25) is 0 Å². The molecular weight excluding hydrogens is 273 g/mol. The van der Waals surface area contributed by atoms with E-state index in [2.05, 4.69) is 0 Å². The maximum absolute atomic E-state index is 12.2. The smallest absolute Gasteiger partial charge is 0.446 e. The van der Waals surface area contributed by atoms with E-state index in [0.29, 0.717) is 16.3 Å². The Morgan fingerprint density at radius 2 is 1.94 bits per heavy atom. The molecule has 0 amide bonds. The Kier molecular flexibility index (Phi) is 3.40. The van der Waals surface area contributed by atoms with Crippen molar-refractivity contribution in [2.45, 2.75) is 10.4 Å². The number of benzene rings is 1. The fourth-order valence-corrected chi connectivity index (χ4v) is 2.11. The molecule has 1 aromatic heterocycles. The van der Waals surface area contributed by atoms with Gasteiger partial charge in [-0.05, 0) is 42.1 Å². The Hall–Kier alpha value is -1.07. The molecule has 0 unspecified atom stereocenters. The molecule has 0 N–H and O–H groups in total. The molecule has 0 saturated heterocycles. The molecule has 2 aromatic rings. The summed E-state index contributed by atoms with van der Waals surface area (Å²) in [5, 5.41) is 0.353. The summed E-state index contributed by atoms with van der Waals surface area (Å²) in [6.07, 6.45) is 1.44. The van der Waals surface area contributed by atoms with Crippen LogP contribution in [-0.4, -0.2) is 5.51 Å². The van der Waals surface area contributed by atoms with Gasteiger partial charge in [0, 0.05) is 10.5 Å². The first kappa shape index (κ1) is 12.4. The van der Waals surface area contributed by atoms with Crippen molar-refractivity contribution in [1.82, 2.24) is 0 Å². The van der Waals surface area contributed by atoms with Gasteiger partial charge in [-0.1, -0.05) is 11.6 Å². The number of thioether (sulfide) groups is 1. The Bertz CT molecular complexity index is 508. The number of furan rings is 1. The molecular formula is C11H6ClF3OS. The fourth-order valence-electron chi connectivity index (χ4n) is 1.32. The molecule has 1 heterocycles. The van der Waals surface area contributed by atoms with Crippen LogP contribution in [0.1, 0.15) is 0 Å². The number of hydrogen-bond donors (Lipinski definition) is 0. The minimum atomic E-state index is -4.31. The summed E-state index contributed by atoms with van der Waals surface area (Å²) in [6.45, 7) is 0. The molecule has 0 bridgehead atoms. The van der Waals surface area contributed by atoms with E-state index < -0.39 is 5.51 Å². The predicted octanol–water partition coefficient (Wildman–Crippen LogP) is 5.21. The van der Waals surface area contributed by atoms with Crippen LogP contribution in [0.4, 0.5) is 13.2 Å². The van der Waals surface area contributed by atoms with Gasteiger partial charge in [-0.15, -0.1) is 0 Å². The minimum Gasteiger partial charge on any atom is -0.464 e. The molecule has 0 aliphatic carbocycles. The summed E-state index contributed by atoms with van der Waals surface area (Å²) in [5.41, 5.74) is -3.86. The Labute approximate surface area is 105 Å². The second-order valence-electron chi connectivity index (χ2n) is 3.17. The van der Waals surface area contributed by atoms with E-state index in [-0.39, 0.29) is 16.7 Å². The van der Waals surface area contributed by atoms with E-state index >= 15 is 0 Å². The van der Waals surface area contributed by atoms with Crippen molar-refractivity contribution in [3.8, 4) is 11.3 Å². The van der Waals surface area contributed by atoms with Crippen molar-refractivity contribution >= 4 is 23.4 Å². The molecule has 17 heavy (non-hydrogen) atoms. The van der Waals surface area contributed by atoms with Crippen LogP contribution in [0.15, 0.2) is 45.9 Å². The molecule has 90 valence electrons. The standard InChI is InChI=1S/C11H6ClF3OS/c12-9-4-3-7(17-11(13,14)15)6-8(9)10-2-1-5-16-10/h1-6H. The molecule has 0 fully saturated rings. The average molecular weight is 279 g/mol. The summed E-state index contributed by atoms with van der Waals surface area (Å²) in [5.74, 6) is 0.444. The lowest BCUT2D eigenvalue weighted by atomic mass is 10.2. The van der Waals surface area contributed by atoms with E-state index in [0.717, 1.165) is 0 Å². The highest BCUT2D eigenvalue weighted by atomic mass is 35.5. The van der Waals surface area contributed by atoms with Gasteiger partial charge >= 0.3 is 5.51 Å². The zero-order chi connectivity index (χ0) is 12.5. The van der Waals surface area contributed by atoms with E-state index in [4.69, 9.17) is 16.0 Å². The van der Waals surface area contributed by atoms with Crippen LogP contribution in [0, 0.1) is 0 Å². The van der Waals surface area contributed by atoms with Crippen molar-refractivity contribution in [3.05, 3.63) is 41.6 Å². The second kappa shape index (κ2) is 4.66. The van der Waals surface area contributed by atoms with Gasteiger partial charge in [0.2, 0.25) is 0 Å². The van der Waals surface area contributed by atoms with Gasteiger partial charge in [0.1, 0.15) is 5.76 Å². The largest absolute Gasteiger partial charge is 0.464 e. The SMILES string of the molecule is FC(F)(F)Sc1ccc(Cl)c(-c2ccco2)c1. The van der Waals surface area contributed by atoms with Crippen LogP contribution < -0.4 is 0 Å². The van der Waals surface area contributed by atoms with Crippen LogP contribution in [-0.2, 0) is 0 Å². The maximum Gasteiger partial charge on any atom is 0.446 e. The minimum absolute atomic E-state index is 0.0771. The van der Waals surface area contributed by atoms with E-state index in [9.17, 15) is 13.2 Å². The lowest BCUT2D eigenvalue weighted by Gasteiger charge is -2.07. The third kappa shape index (κ3) is 3.20. The van der Waals surface area contributed by atoms with Crippen molar-refractivity contribution < 1.29 is 17.6 Å². The van der Waals surface area contributed by atoms with Crippen LogP contribution in [0.3, 0.4) is 0 Å². The van der Waals surface area contributed by atoms with E-state index in [1.54, 1.807) is 12.1 Å². The zero-order valence-corrected chi connectivity index (χ0v) is 9.86. The topological polar surface area (TPSA) is 13.1 Å². The van der Waals surface area contributed by atoms with Crippen LogP contribution >= 0.6 is 23.4 Å². The first-order valence-electron chi connectivity index (χ1n) is 4.55. The lowest BCUT2D eigenvalue weighted by Crippen LogP contribution is -1.98. The zero-order valence-electron chi connectivity index (χ0n) is 8.29. The van der Waals surface area contributed by atoms with Crippen LogP contribution in [0.5, 0.6) is 0 Å². The van der Waals surface area contributed by atoms with Crippen molar-refractivity contribution in [1.29, 1.82) is 0 Å². The van der Waals surface area contributed by atoms with Crippen LogP contribution in [0.25, 0.3) is 11.3 Å². The highest BCUT2D eigenvalue weighted by molar-refractivity contribution is 8.00. The molecule has 6 heteroatoms. The normalized spacial score (nSPS) is 11.8. The third-order valence-electron chi connectivity index (χ3n) is 1.96. The summed E-state index contributed by atoms with van der Waals surface area (Å²) in [7, 11) is 0. The number of alkyl halides is 3. The first-order chi connectivity index (χ1) is 7.96. The number of halogens is 4. The molecule has 0 atom stereocenters. The van der Waals surface area contributed by atoms with Gasteiger partial charge in [-0.2, -0.15) is 13.2 Å². The molecule has 0 aliphatic rings. The van der Waals surface area contributed by atoms with Gasteiger partial charge in [0.15, 0.2) is 0 Å². The fraction of sp³-hybridized carbons (Fsp3) is 0.0909. The first-order valence-corrected chi connectivity index (χ1v) is 5.74. The third-order valence-corrected chi connectivity index (χ3v) is 3.01. The highest BCUT2D eigenvalue weighted by Crippen LogP contribution is 2.40. The number of hydrogen-bond acceptors (Lipinski definition) is 2. The highest BCUT2D eigenvalue weighted by Gasteiger charge is 2.29. The Morgan fingerprint density at radius 1 is 1.18 bits per heavy atom. The van der Waals surface area contributed by atoms with Crippen molar-refractivity contribution in [3.63, 3.8) is 0 Å². The summed E-state index contributed by atoms with van der Waals surface area (Å²) >= 11 is 5.73. The Morgan fingerprint density at radius 3 is 2.53 bits per heavy atom. The van der Waals surface area contributed by atoms with Gasteiger partial charge in [0.05, 0.1) is 11.3 Å². The summed E-state index contributed by atoms with van der Waals surface area (Å²) in [6, 6.07) is 7.40. The van der Waals surface area contributed by atoms with Gasteiger partial charge in [-0.25, -0.2) is 0 Å². The Balaban J connectivity index is 2.37. The predicted molar refractivity (Wildman–Crippen MR) is 61.1 cm³/mol. The van der Waals surface area contributed by atoms with E-state index in [1.165, 1.54) is 24.5 Å². The molecule has 0 radical (unpaired) electrons. The molecule has 1 nitrogen and oxygen atoms in total. The molecule has 0 saturated carbocycles. The molecule has 0 spiro atoms. The quantitative estimate of drug-likeness (QED) is 0.699.